The molecule has 2 aromatic carbocycles. The van der Waals surface area contributed by atoms with E-state index in [-0.39, 0.29) is 28.7 Å². The summed E-state index contributed by atoms with van der Waals surface area (Å²) in [6, 6.07) is 12.3. The quantitative estimate of drug-likeness (QED) is 0.751. The van der Waals surface area contributed by atoms with Crippen LogP contribution in [0.15, 0.2) is 47.4 Å². The zero-order valence-corrected chi connectivity index (χ0v) is 18.3. The normalized spacial score (nSPS) is 19.2. The van der Waals surface area contributed by atoms with Crippen LogP contribution in [0.5, 0.6) is 0 Å². The summed E-state index contributed by atoms with van der Waals surface area (Å²) in [5.74, 6) is 0.0945. The van der Waals surface area contributed by atoms with Gasteiger partial charge in [-0.1, -0.05) is 24.6 Å². The van der Waals surface area contributed by atoms with Crippen LogP contribution in [-0.4, -0.2) is 39.1 Å². The van der Waals surface area contributed by atoms with Crippen molar-refractivity contribution in [1.82, 2.24) is 0 Å². The summed E-state index contributed by atoms with van der Waals surface area (Å²) < 4.78 is 23.9. The van der Waals surface area contributed by atoms with Gasteiger partial charge in [0.1, 0.15) is 0 Å². The smallest absolute Gasteiger partial charge is 0.230 e. The molecule has 0 saturated heterocycles. The minimum absolute atomic E-state index is 0.0474. The second kappa shape index (κ2) is 7.54. The van der Waals surface area contributed by atoms with Crippen molar-refractivity contribution < 1.29 is 18.0 Å². The Morgan fingerprint density at radius 2 is 1.70 bits per heavy atom. The maximum Gasteiger partial charge on any atom is 0.230 e. The lowest BCUT2D eigenvalue weighted by Gasteiger charge is -2.43. The summed E-state index contributed by atoms with van der Waals surface area (Å²) in [6.45, 7) is 3.94. The van der Waals surface area contributed by atoms with Crippen LogP contribution in [0.25, 0.3) is 11.1 Å². The van der Waals surface area contributed by atoms with E-state index in [1.54, 1.807) is 23.1 Å². The number of sulfone groups is 1. The van der Waals surface area contributed by atoms with Gasteiger partial charge in [0.2, 0.25) is 11.8 Å². The number of amides is 2. The lowest BCUT2D eigenvalue weighted by Crippen LogP contribution is -2.53. The Morgan fingerprint density at radius 3 is 2.30 bits per heavy atom. The van der Waals surface area contributed by atoms with Gasteiger partial charge in [-0.15, -0.1) is 0 Å². The Morgan fingerprint density at radius 1 is 1.00 bits per heavy atom. The van der Waals surface area contributed by atoms with Gasteiger partial charge in [-0.25, -0.2) is 8.42 Å². The number of nitrogens with zero attached hydrogens (tertiary/aromatic N) is 2. The molecule has 7 heteroatoms. The van der Waals surface area contributed by atoms with E-state index in [4.69, 9.17) is 0 Å². The van der Waals surface area contributed by atoms with Crippen LogP contribution in [0.1, 0.15) is 33.1 Å². The van der Waals surface area contributed by atoms with Crippen molar-refractivity contribution in [2.24, 2.45) is 5.92 Å². The molecule has 30 heavy (non-hydrogen) atoms. The van der Waals surface area contributed by atoms with Crippen LogP contribution in [0, 0.1) is 5.92 Å². The van der Waals surface area contributed by atoms with Gasteiger partial charge < -0.3 is 9.80 Å². The van der Waals surface area contributed by atoms with E-state index in [1.165, 1.54) is 13.2 Å². The topological polar surface area (TPSA) is 74.8 Å². The average Bonchev–Trinajstić information content (AvgIpc) is 2.64. The number of hydrogen-bond donors (Lipinski definition) is 0. The zero-order chi connectivity index (χ0) is 21.6. The molecule has 1 fully saturated rings. The van der Waals surface area contributed by atoms with Crippen LogP contribution in [0.4, 0.5) is 11.4 Å². The minimum atomic E-state index is -3.33. The number of hydrogen-bond acceptors (Lipinski definition) is 4. The number of anilines is 2. The van der Waals surface area contributed by atoms with Crippen LogP contribution in [0.2, 0.25) is 0 Å². The molecule has 1 aliphatic carbocycles. The van der Waals surface area contributed by atoms with E-state index in [1.807, 2.05) is 36.1 Å². The first-order chi connectivity index (χ1) is 14.2. The highest BCUT2D eigenvalue weighted by Crippen LogP contribution is 2.41. The second-order valence-corrected chi connectivity index (χ2v) is 10.3. The van der Waals surface area contributed by atoms with E-state index >= 15 is 0 Å². The van der Waals surface area contributed by atoms with Crippen molar-refractivity contribution in [3.8, 4) is 11.1 Å². The predicted octanol–water partition coefficient (Wildman–Crippen LogP) is 3.65. The van der Waals surface area contributed by atoms with Gasteiger partial charge in [-0.2, -0.15) is 0 Å². The molecule has 0 aromatic heterocycles. The van der Waals surface area contributed by atoms with Crippen LogP contribution in [0.3, 0.4) is 0 Å². The van der Waals surface area contributed by atoms with Crippen molar-refractivity contribution in [3.05, 3.63) is 42.5 Å². The van der Waals surface area contributed by atoms with Crippen LogP contribution < -0.4 is 9.80 Å². The molecular formula is C23H26N2O4S. The van der Waals surface area contributed by atoms with Gasteiger partial charge in [-0.05, 0) is 55.2 Å². The first-order valence-corrected chi connectivity index (χ1v) is 12.1. The number of rotatable bonds is 3. The average molecular weight is 427 g/mol. The molecule has 158 valence electrons. The summed E-state index contributed by atoms with van der Waals surface area (Å²) in [6.07, 6.45) is 4.08. The molecule has 0 bridgehead atoms. The number of carbonyl (C=O) groups excluding carboxylic acids is 2. The Hall–Kier alpha value is -2.67. The Labute approximate surface area is 177 Å². The van der Waals surface area contributed by atoms with E-state index in [9.17, 15) is 18.0 Å². The minimum Gasteiger partial charge on any atom is -0.308 e. The van der Waals surface area contributed by atoms with Gasteiger partial charge in [0.25, 0.3) is 0 Å². The van der Waals surface area contributed by atoms with E-state index in [0.29, 0.717) is 12.2 Å². The third-order valence-corrected chi connectivity index (χ3v) is 7.18. The summed E-state index contributed by atoms with van der Waals surface area (Å²) >= 11 is 0. The summed E-state index contributed by atoms with van der Waals surface area (Å²) in [5.41, 5.74) is 2.99. The highest BCUT2D eigenvalue weighted by Gasteiger charge is 2.37. The monoisotopic (exact) mass is 426 g/mol. The first-order valence-electron chi connectivity index (χ1n) is 10.2. The molecule has 1 heterocycles. The summed E-state index contributed by atoms with van der Waals surface area (Å²) in [5, 5.41) is 0. The molecule has 1 aliphatic heterocycles. The Bertz CT molecular complexity index is 1120. The van der Waals surface area contributed by atoms with Gasteiger partial charge in [0, 0.05) is 25.6 Å². The van der Waals surface area contributed by atoms with E-state index < -0.39 is 9.84 Å². The van der Waals surface area contributed by atoms with E-state index in [0.717, 1.165) is 36.1 Å². The molecule has 0 radical (unpaired) electrons. The van der Waals surface area contributed by atoms with Crippen molar-refractivity contribution in [2.45, 2.75) is 44.0 Å². The molecular weight excluding hydrogens is 400 g/mol. The highest BCUT2D eigenvalue weighted by atomic mass is 32.2. The van der Waals surface area contributed by atoms with Gasteiger partial charge >= 0.3 is 0 Å². The second-order valence-electron chi connectivity index (χ2n) is 8.32. The lowest BCUT2D eigenvalue weighted by molar-refractivity contribution is -0.125. The van der Waals surface area contributed by atoms with Crippen molar-refractivity contribution in [1.29, 1.82) is 0 Å². The fourth-order valence-corrected chi connectivity index (χ4v) is 4.94. The predicted molar refractivity (Wildman–Crippen MR) is 117 cm³/mol. The van der Waals surface area contributed by atoms with Crippen molar-refractivity contribution in [2.75, 3.05) is 22.6 Å². The summed E-state index contributed by atoms with van der Waals surface area (Å²) in [4.78, 5) is 29.3. The third kappa shape index (κ3) is 3.62. The molecule has 6 nitrogen and oxygen atoms in total. The molecule has 1 atom stereocenters. The van der Waals surface area contributed by atoms with Crippen molar-refractivity contribution in [3.63, 3.8) is 0 Å². The van der Waals surface area contributed by atoms with Gasteiger partial charge in [0.05, 0.1) is 22.3 Å². The first kappa shape index (κ1) is 20.6. The molecule has 2 aliphatic rings. The molecule has 0 spiro atoms. The molecule has 0 N–H and O–H groups in total. The highest BCUT2D eigenvalue weighted by molar-refractivity contribution is 7.90. The molecule has 2 amide bonds. The lowest BCUT2D eigenvalue weighted by atomic mass is 9.84. The zero-order valence-electron chi connectivity index (χ0n) is 17.5. The number of fused-ring (bicyclic) bond motifs is 1. The SMILES string of the molecule is CC(=O)N1c2ccc(-c3cccc(S(C)(=O)=O)c3)cc2N(C(=O)C2CCC2)C[C@@H]1C. The molecule has 4 rings (SSSR count). The van der Waals surface area contributed by atoms with Gasteiger partial charge in [0.15, 0.2) is 9.84 Å². The standard InChI is InChI=1S/C23H26N2O4S/c1-15-14-24(23(27)17-6-4-7-17)22-13-19(10-11-21(22)25(15)16(2)26)18-8-5-9-20(12-18)30(3,28)29/h5,8-13,15,17H,4,6-7,14H2,1-3H3/t15-/m0/s1. The van der Waals surface area contributed by atoms with Crippen molar-refractivity contribution >= 4 is 33.0 Å². The Kier molecular flexibility index (Phi) is 5.18. The van der Waals surface area contributed by atoms with Crippen LogP contribution >= 0.6 is 0 Å². The number of benzene rings is 2. The maximum absolute atomic E-state index is 13.1. The van der Waals surface area contributed by atoms with Gasteiger partial charge in [-0.3, -0.25) is 9.59 Å². The number of carbonyl (C=O) groups is 2. The maximum atomic E-state index is 13.1. The largest absolute Gasteiger partial charge is 0.308 e. The molecule has 2 aromatic rings. The van der Waals surface area contributed by atoms with Crippen LogP contribution in [-0.2, 0) is 19.4 Å². The fourth-order valence-electron chi connectivity index (χ4n) is 4.28. The molecule has 1 saturated carbocycles. The van der Waals surface area contributed by atoms with E-state index in [2.05, 4.69) is 0 Å². The summed E-state index contributed by atoms with van der Waals surface area (Å²) in [7, 11) is -3.33. The Balaban J connectivity index is 1.82. The molecule has 0 unspecified atom stereocenters. The fraction of sp³-hybridized carbons (Fsp3) is 0.391. The third-order valence-electron chi connectivity index (χ3n) is 6.07.